The van der Waals surface area contributed by atoms with E-state index in [2.05, 4.69) is 5.32 Å². The molecule has 0 aromatic heterocycles. The number of nitrogens with zero attached hydrogens (tertiary/aromatic N) is 1. The SMILES string of the molecule is Cc1cc(F)ccc1-c1ccc(C(=O)NC(C)C(=O)N2CCS(=O)(=O)CC2)cc1F. The van der Waals surface area contributed by atoms with Crippen LogP contribution in [0.2, 0.25) is 0 Å². The third-order valence-corrected chi connectivity index (χ3v) is 6.69. The van der Waals surface area contributed by atoms with Crippen LogP contribution in [-0.4, -0.2) is 55.8 Å². The Morgan fingerprint density at radius 1 is 1.03 bits per heavy atom. The Morgan fingerprint density at radius 3 is 2.27 bits per heavy atom. The van der Waals surface area contributed by atoms with Gasteiger partial charge >= 0.3 is 0 Å². The molecule has 1 aliphatic heterocycles. The van der Waals surface area contributed by atoms with E-state index in [0.29, 0.717) is 11.1 Å². The van der Waals surface area contributed by atoms with Crippen LogP contribution < -0.4 is 5.32 Å². The number of carbonyl (C=O) groups excluding carboxylic acids is 2. The summed E-state index contributed by atoms with van der Waals surface area (Å²) in [6.45, 7) is 3.33. The van der Waals surface area contributed by atoms with Gasteiger partial charge in [-0.25, -0.2) is 17.2 Å². The maximum Gasteiger partial charge on any atom is 0.252 e. The van der Waals surface area contributed by atoms with Crippen molar-refractivity contribution in [2.75, 3.05) is 24.6 Å². The minimum Gasteiger partial charge on any atom is -0.341 e. The molecule has 1 unspecified atom stereocenters. The van der Waals surface area contributed by atoms with Gasteiger partial charge in [0.05, 0.1) is 11.5 Å². The van der Waals surface area contributed by atoms with E-state index in [0.717, 1.165) is 6.07 Å². The molecule has 0 bridgehead atoms. The third-order valence-electron chi connectivity index (χ3n) is 5.08. The molecule has 1 aliphatic rings. The van der Waals surface area contributed by atoms with Crippen LogP contribution in [0.25, 0.3) is 11.1 Å². The Labute approximate surface area is 173 Å². The van der Waals surface area contributed by atoms with E-state index in [1.165, 1.54) is 42.2 Å². The Kier molecular flexibility index (Phi) is 6.21. The van der Waals surface area contributed by atoms with Crippen molar-refractivity contribution in [1.29, 1.82) is 0 Å². The topological polar surface area (TPSA) is 83.6 Å². The predicted molar refractivity (Wildman–Crippen MR) is 109 cm³/mol. The smallest absolute Gasteiger partial charge is 0.252 e. The highest BCUT2D eigenvalue weighted by molar-refractivity contribution is 7.91. The zero-order valence-corrected chi connectivity index (χ0v) is 17.4. The normalized spacial score (nSPS) is 16.7. The summed E-state index contributed by atoms with van der Waals surface area (Å²) in [4.78, 5) is 26.3. The van der Waals surface area contributed by atoms with Crippen LogP contribution in [0.5, 0.6) is 0 Å². The van der Waals surface area contributed by atoms with Crippen LogP contribution >= 0.6 is 0 Å². The fourth-order valence-electron chi connectivity index (χ4n) is 3.35. The van der Waals surface area contributed by atoms with Gasteiger partial charge in [0.25, 0.3) is 5.91 Å². The summed E-state index contributed by atoms with van der Waals surface area (Å²) in [5.41, 5.74) is 1.36. The van der Waals surface area contributed by atoms with Gasteiger partial charge in [-0.05, 0) is 49.2 Å². The Balaban J connectivity index is 1.69. The van der Waals surface area contributed by atoms with Crippen LogP contribution in [0.15, 0.2) is 36.4 Å². The summed E-state index contributed by atoms with van der Waals surface area (Å²) in [5, 5.41) is 2.52. The van der Waals surface area contributed by atoms with Crippen LogP contribution in [0.3, 0.4) is 0 Å². The molecule has 2 aromatic carbocycles. The van der Waals surface area contributed by atoms with E-state index >= 15 is 0 Å². The molecule has 1 saturated heterocycles. The zero-order valence-electron chi connectivity index (χ0n) is 16.6. The molecule has 1 atom stereocenters. The van der Waals surface area contributed by atoms with Gasteiger partial charge in [-0.1, -0.05) is 12.1 Å². The molecule has 1 N–H and O–H groups in total. The molecule has 0 saturated carbocycles. The lowest BCUT2D eigenvalue weighted by Gasteiger charge is -2.29. The second kappa shape index (κ2) is 8.51. The third kappa shape index (κ3) is 4.84. The molecular formula is C21H22F2N2O4S. The molecule has 0 aliphatic carbocycles. The number of sulfone groups is 1. The van der Waals surface area contributed by atoms with E-state index in [1.807, 2.05) is 0 Å². The molecule has 1 fully saturated rings. The van der Waals surface area contributed by atoms with Gasteiger partial charge in [0.1, 0.15) is 17.7 Å². The molecule has 0 spiro atoms. The fraction of sp³-hybridized carbons (Fsp3) is 0.333. The number of hydrogen-bond acceptors (Lipinski definition) is 4. The largest absolute Gasteiger partial charge is 0.341 e. The molecule has 3 rings (SSSR count). The van der Waals surface area contributed by atoms with Crippen molar-refractivity contribution in [2.24, 2.45) is 0 Å². The van der Waals surface area contributed by atoms with Crippen molar-refractivity contribution < 1.29 is 26.8 Å². The van der Waals surface area contributed by atoms with E-state index in [-0.39, 0.29) is 35.7 Å². The first-order valence-electron chi connectivity index (χ1n) is 9.43. The van der Waals surface area contributed by atoms with Crippen LogP contribution in [0.1, 0.15) is 22.8 Å². The van der Waals surface area contributed by atoms with Gasteiger partial charge in [0.2, 0.25) is 5.91 Å². The summed E-state index contributed by atoms with van der Waals surface area (Å²) < 4.78 is 50.9. The summed E-state index contributed by atoms with van der Waals surface area (Å²) in [7, 11) is -3.12. The first-order valence-corrected chi connectivity index (χ1v) is 11.3. The van der Waals surface area contributed by atoms with Gasteiger partial charge in [-0.3, -0.25) is 9.59 Å². The molecular weight excluding hydrogens is 414 g/mol. The minimum absolute atomic E-state index is 0.0388. The highest BCUT2D eigenvalue weighted by Gasteiger charge is 2.28. The lowest BCUT2D eigenvalue weighted by Crippen LogP contribution is -2.51. The Morgan fingerprint density at radius 2 is 1.67 bits per heavy atom. The lowest BCUT2D eigenvalue weighted by atomic mass is 9.98. The second-order valence-corrected chi connectivity index (χ2v) is 9.63. The molecule has 160 valence electrons. The number of benzene rings is 2. The minimum atomic E-state index is -3.12. The number of nitrogens with one attached hydrogen (secondary N) is 1. The first kappa shape index (κ1) is 21.9. The van der Waals surface area contributed by atoms with Gasteiger partial charge in [0, 0.05) is 24.2 Å². The number of halogens is 2. The van der Waals surface area contributed by atoms with Crippen molar-refractivity contribution >= 4 is 21.7 Å². The van der Waals surface area contributed by atoms with Crippen LogP contribution in [0.4, 0.5) is 8.78 Å². The second-order valence-electron chi connectivity index (χ2n) is 7.33. The maximum absolute atomic E-state index is 14.6. The van der Waals surface area contributed by atoms with Gasteiger partial charge in [0.15, 0.2) is 9.84 Å². The quantitative estimate of drug-likeness (QED) is 0.797. The van der Waals surface area contributed by atoms with E-state index in [1.54, 1.807) is 6.92 Å². The lowest BCUT2D eigenvalue weighted by molar-refractivity contribution is -0.132. The summed E-state index contributed by atoms with van der Waals surface area (Å²) in [6, 6.07) is 7.06. The van der Waals surface area contributed by atoms with Crippen molar-refractivity contribution in [1.82, 2.24) is 10.2 Å². The summed E-state index contributed by atoms with van der Waals surface area (Å²) in [6.07, 6.45) is 0. The Hall–Kier alpha value is -2.81. The van der Waals surface area contributed by atoms with Crippen molar-refractivity contribution in [2.45, 2.75) is 19.9 Å². The van der Waals surface area contributed by atoms with Crippen LogP contribution in [-0.2, 0) is 14.6 Å². The molecule has 2 amide bonds. The highest BCUT2D eigenvalue weighted by Crippen LogP contribution is 2.27. The highest BCUT2D eigenvalue weighted by atomic mass is 32.2. The van der Waals surface area contributed by atoms with E-state index < -0.39 is 39.3 Å². The summed E-state index contributed by atoms with van der Waals surface area (Å²) >= 11 is 0. The number of carbonyl (C=O) groups is 2. The number of aryl methyl sites for hydroxylation is 1. The average molecular weight is 436 g/mol. The average Bonchev–Trinajstić information content (AvgIpc) is 2.68. The van der Waals surface area contributed by atoms with Crippen molar-refractivity contribution in [3.8, 4) is 11.1 Å². The first-order chi connectivity index (χ1) is 14.1. The van der Waals surface area contributed by atoms with Crippen molar-refractivity contribution in [3.05, 3.63) is 59.2 Å². The van der Waals surface area contributed by atoms with Gasteiger partial charge in [-0.15, -0.1) is 0 Å². The number of amides is 2. The van der Waals surface area contributed by atoms with Crippen molar-refractivity contribution in [3.63, 3.8) is 0 Å². The summed E-state index contributed by atoms with van der Waals surface area (Å²) in [5.74, 6) is -2.28. The predicted octanol–water partition coefficient (Wildman–Crippen LogP) is 2.32. The van der Waals surface area contributed by atoms with Gasteiger partial charge in [-0.2, -0.15) is 0 Å². The molecule has 30 heavy (non-hydrogen) atoms. The maximum atomic E-state index is 14.6. The molecule has 1 heterocycles. The molecule has 2 aromatic rings. The Bertz CT molecular complexity index is 1090. The van der Waals surface area contributed by atoms with Crippen LogP contribution in [0, 0.1) is 18.6 Å². The monoisotopic (exact) mass is 436 g/mol. The fourth-order valence-corrected chi connectivity index (χ4v) is 4.55. The van der Waals surface area contributed by atoms with E-state index in [9.17, 15) is 26.8 Å². The number of rotatable bonds is 4. The zero-order chi connectivity index (χ0) is 22.1. The number of hydrogen-bond donors (Lipinski definition) is 1. The van der Waals surface area contributed by atoms with E-state index in [4.69, 9.17) is 0 Å². The molecule has 6 nitrogen and oxygen atoms in total. The van der Waals surface area contributed by atoms with Gasteiger partial charge < -0.3 is 10.2 Å². The standard InChI is InChI=1S/C21H22F2N2O4S/c1-13-11-16(22)4-6-17(13)18-5-3-15(12-19(18)23)20(26)24-14(2)21(27)25-7-9-30(28,29)10-8-25/h3-6,11-12,14H,7-10H2,1-2H3,(H,24,26). The molecule has 9 heteroatoms. The molecule has 0 radical (unpaired) electrons.